The van der Waals surface area contributed by atoms with Crippen molar-refractivity contribution >= 4 is 5.96 Å². The molecule has 1 aliphatic heterocycles. The van der Waals surface area contributed by atoms with Gasteiger partial charge in [0.2, 0.25) is 0 Å². The monoisotopic (exact) mass is 377 g/mol. The zero-order chi connectivity index (χ0) is 19.5. The van der Waals surface area contributed by atoms with Crippen molar-refractivity contribution in [1.82, 2.24) is 30.3 Å². The molecular formula is C20H39N7. The third-order valence-electron chi connectivity index (χ3n) is 5.47. The SMILES string of the molecule is CCc1nncn1CCNC(=NCCCN1CCCCC1C)NC(C)CC. The summed E-state index contributed by atoms with van der Waals surface area (Å²) >= 11 is 0. The third-order valence-corrected chi connectivity index (χ3v) is 5.47. The van der Waals surface area contributed by atoms with Gasteiger partial charge >= 0.3 is 0 Å². The standard InChI is InChI=1S/C20H39N7/c1-5-17(3)24-20(22-12-15-27-16-23-25-19(27)6-2)21-11-9-14-26-13-8-7-10-18(26)4/h16-18H,5-15H2,1-4H3,(H2,21,22,24). The largest absolute Gasteiger partial charge is 0.355 e. The minimum absolute atomic E-state index is 0.416. The van der Waals surface area contributed by atoms with E-state index in [4.69, 9.17) is 4.99 Å². The fourth-order valence-electron chi connectivity index (χ4n) is 3.48. The van der Waals surface area contributed by atoms with Crippen molar-refractivity contribution in [3.8, 4) is 0 Å². The smallest absolute Gasteiger partial charge is 0.191 e. The minimum atomic E-state index is 0.416. The van der Waals surface area contributed by atoms with Gasteiger partial charge in [0.25, 0.3) is 0 Å². The fraction of sp³-hybridized carbons (Fsp3) is 0.850. The molecule has 154 valence electrons. The molecule has 1 fully saturated rings. The van der Waals surface area contributed by atoms with Crippen LogP contribution in [0, 0.1) is 0 Å². The van der Waals surface area contributed by atoms with Crippen LogP contribution in [0.3, 0.4) is 0 Å². The van der Waals surface area contributed by atoms with E-state index in [0.717, 1.165) is 63.3 Å². The Kier molecular flexibility index (Phi) is 9.59. The van der Waals surface area contributed by atoms with E-state index in [2.05, 4.69) is 58.0 Å². The topological polar surface area (TPSA) is 70.4 Å². The van der Waals surface area contributed by atoms with E-state index in [1.165, 1.54) is 25.8 Å². The Morgan fingerprint density at radius 2 is 2.19 bits per heavy atom. The van der Waals surface area contributed by atoms with E-state index in [1.807, 2.05) is 0 Å². The van der Waals surface area contributed by atoms with Crippen LogP contribution in [0.15, 0.2) is 11.3 Å². The van der Waals surface area contributed by atoms with Gasteiger partial charge in [-0.1, -0.05) is 20.3 Å². The first-order valence-electron chi connectivity index (χ1n) is 10.8. The molecule has 7 heteroatoms. The average molecular weight is 378 g/mol. The predicted molar refractivity (Wildman–Crippen MR) is 112 cm³/mol. The van der Waals surface area contributed by atoms with Crippen molar-refractivity contribution in [2.45, 2.75) is 84.8 Å². The Bertz CT molecular complexity index is 554. The van der Waals surface area contributed by atoms with Gasteiger partial charge in [0, 0.05) is 44.7 Å². The lowest BCUT2D eigenvalue weighted by molar-refractivity contribution is 0.160. The number of aliphatic imine (C=N–C) groups is 1. The summed E-state index contributed by atoms with van der Waals surface area (Å²) in [5.74, 6) is 1.95. The molecule has 0 aliphatic carbocycles. The molecule has 0 saturated carbocycles. The molecule has 1 aromatic heterocycles. The van der Waals surface area contributed by atoms with Crippen LogP contribution in [0.4, 0.5) is 0 Å². The first-order valence-corrected chi connectivity index (χ1v) is 10.8. The van der Waals surface area contributed by atoms with Crippen molar-refractivity contribution in [2.24, 2.45) is 4.99 Å². The van der Waals surface area contributed by atoms with Crippen LogP contribution in [-0.4, -0.2) is 63.9 Å². The molecule has 27 heavy (non-hydrogen) atoms. The van der Waals surface area contributed by atoms with Gasteiger partial charge in [0.15, 0.2) is 5.96 Å². The number of piperidine rings is 1. The van der Waals surface area contributed by atoms with Crippen LogP contribution in [0.2, 0.25) is 0 Å². The van der Waals surface area contributed by atoms with Gasteiger partial charge in [-0.05, 0) is 46.1 Å². The summed E-state index contributed by atoms with van der Waals surface area (Å²) in [5.41, 5.74) is 0. The van der Waals surface area contributed by atoms with Gasteiger partial charge in [-0.3, -0.25) is 4.99 Å². The average Bonchev–Trinajstić information content (AvgIpc) is 3.13. The lowest BCUT2D eigenvalue weighted by atomic mass is 10.0. The molecule has 2 N–H and O–H groups in total. The second-order valence-electron chi connectivity index (χ2n) is 7.64. The van der Waals surface area contributed by atoms with Crippen LogP contribution in [0.1, 0.15) is 65.6 Å². The van der Waals surface area contributed by atoms with Gasteiger partial charge in [0.1, 0.15) is 12.2 Å². The molecule has 0 spiro atoms. The number of likely N-dealkylation sites (tertiary alicyclic amines) is 1. The number of rotatable bonds is 10. The fourth-order valence-corrected chi connectivity index (χ4v) is 3.48. The molecule has 2 heterocycles. The van der Waals surface area contributed by atoms with Gasteiger partial charge in [-0.25, -0.2) is 0 Å². The molecule has 0 amide bonds. The van der Waals surface area contributed by atoms with E-state index in [9.17, 15) is 0 Å². The summed E-state index contributed by atoms with van der Waals surface area (Å²) in [6, 6.07) is 1.15. The number of nitrogens with zero attached hydrogens (tertiary/aromatic N) is 5. The number of hydrogen-bond donors (Lipinski definition) is 2. The van der Waals surface area contributed by atoms with Gasteiger partial charge in [0.05, 0.1) is 0 Å². The van der Waals surface area contributed by atoms with E-state index >= 15 is 0 Å². The summed E-state index contributed by atoms with van der Waals surface area (Å²) in [5, 5.41) is 15.1. The molecule has 0 radical (unpaired) electrons. The van der Waals surface area contributed by atoms with Crippen LogP contribution in [0.25, 0.3) is 0 Å². The molecule has 0 bridgehead atoms. The first kappa shape index (κ1) is 21.7. The molecule has 1 aliphatic rings. The number of aromatic nitrogens is 3. The van der Waals surface area contributed by atoms with Crippen LogP contribution >= 0.6 is 0 Å². The summed E-state index contributed by atoms with van der Waals surface area (Å²) in [7, 11) is 0. The maximum absolute atomic E-state index is 4.81. The lowest BCUT2D eigenvalue weighted by Crippen LogP contribution is -2.43. The van der Waals surface area contributed by atoms with E-state index in [-0.39, 0.29) is 0 Å². The van der Waals surface area contributed by atoms with Crippen molar-refractivity contribution in [3.05, 3.63) is 12.2 Å². The molecule has 2 unspecified atom stereocenters. The number of guanidine groups is 1. The lowest BCUT2D eigenvalue weighted by Gasteiger charge is -2.33. The number of hydrogen-bond acceptors (Lipinski definition) is 4. The van der Waals surface area contributed by atoms with Gasteiger partial charge < -0.3 is 20.1 Å². The van der Waals surface area contributed by atoms with Crippen molar-refractivity contribution in [3.63, 3.8) is 0 Å². The zero-order valence-corrected chi connectivity index (χ0v) is 17.7. The van der Waals surface area contributed by atoms with E-state index in [0.29, 0.717) is 6.04 Å². The van der Waals surface area contributed by atoms with Gasteiger partial charge in [-0.2, -0.15) is 0 Å². The molecule has 7 nitrogen and oxygen atoms in total. The summed E-state index contributed by atoms with van der Waals surface area (Å²) in [4.78, 5) is 7.43. The Morgan fingerprint density at radius 3 is 2.93 bits per heavy atom. The number of nitrogens with one attached hydrogen (secondary N) is 2. The molecule has 1 saturated heterocycles. The Hall–Kier alpha value is -1.63. The Balaban J connectivity index is 1.78. The normalized spacial score (nSPS) is 19.9. The van der Waals surface area contributed by atoms with E-state index < -0.39 is 0 Å². The second kappa shape index (κ2) is 12.0. The van der Waals surface area contributed by atoms with Crippen molar-refractivity contribution < 1.29 is 0 Å². The highest BCUT2D eigenvalue weighted by Gasteiger charge is 2.17. The highest BCUT2D eigenvalue weighted by Crippen LogP contribution is 2.16. The summed E-state index contributed by atoms with van der Waals surface area (Å²) in [6.45, 7) is 13.8. The van der Waals surface area contributed by atoms with E-state index in [1.54, 1.807) is 6.33 Å². The van der Waals surface area contributed by atoms with Crippen molar-refractivity contribution in [2.75, 3.05) is 26.2 Å². The Morgan fingerprint density at radius 1 is 1.33 bits per heavy atom. The van der Waals surface area contributed by atoms with Crippen molar-refractivity contribution in [1.29, 1.82) is 0 Å². The molecule has 2 rings (SSSR count). The summed E-state index contributed by atoms with van der Waals surface area (Å²) in [6.07, 6.45) is 8.98. The van der Waals surface area contributed by atoms with Crippen LogP contribution < -0.4 is 10.6 Å². The maximum Gasteiger partial charge on any atom is 0.191 e. The molecule has 0 aromatic carbocycles. The quantitative estimate of drug-likeness (QED) is 0.372. The van der Waals surface area contributed by atoms with Crippen LogP contribution in [-0.2, 0) is 13.0 Å². The number of aryl methyl sites for hydroxylation is 1. The first-order chi connectivity index (χ1) is 13.1. The highest BCUT2D eigenvalue weighted by atomic mass is 15.3. The predicted octanol–water partition coefficient (Wildman–Crippen LogP) is 2.44. The summed E-state index contributed by atoms with van der Waals surface area (Å²) < 4.78 is 2.10. The second-order valence-corrected chi connectivity index (χ2v) is 7.64. The molecule has 2 atom stereocenters. The van der Waals surface area contributed by atoms with Gasteiger partial charge in [-0.15, -0.1) is 10.2 Å². The molecule has 1 aromatic rings. The minimum Gasteiger partial charge on any atom is -0.355 e. The zero-order valence-electron chi connectivity index (χ0n) is 17.7. The highest BCUT2D eigenvalue weighted by molar-refractivity contribution is 5.80. The maximum atomic E-state index is 4.81. The molecular weight excluding hydrogens is 338 g/mol. The third kappa shape index (κ3) is 7.48. The van der Waals surface area contributed by atoms with Crippen LogP contribution in [0.5, 0.6) is 0 Å². The Labute approximate surface area is 165 Å².